The SMILES string of the molecule is COc1cc(/C=C2/C(C)=C(CC(=O)NCc3cccnc3)c3cc(F)ccc32)cc(OC)c1C1CNCCO1. The number of ether oxygens (including phenoxy) is 3. The summed E-state index contributed by atoms with van der Waals surface area (Å²) in [7, 11) is 3.26. The quantitative estimate of drug-likeness (QED) is 0.431. The maximum Gasteiger partial charge on any atom is 0.224 e. The summed E-state index contributed by atoms with van der Waals surface area (Å²) in [5, 5.41) is 6.30. The monoisotopic (exact) mass is 529 g/mol. The van der Waals surface area contributed by atoms with Gasteiger partial charge in [-0.15, -0.1) is 0 Å². The molecule has 1 aliphatic carbocycles. The molecule has 1 aromatic heterocycles. The van der Waals surface area contributed by atoms with Crippen LogP contribution in [0.4, 0.5) is 4.39 Å². The number of hydrogen-bond donors (Lipinski definition) is 2. The highest BCUT2D eigenvalue weighted by Gasteiger charge is 2.27. The molecule has 3 aromatic rings. The molecule has 0 radical (unpaired) electrons. The molecule has 1 aliphatic heterocycles. The first-order valence-corrected chi connectivity index (χ1v) is 12.9. The Morgan fingerprint density at radius 1 is 1.18 bits per heavy atom. The van der Waals surface area contributed by atoms with Gasteiger partial charge in [-0.2, -0.15) is 0 Å². The maximum absolute atomic E-state index is 14.3. The zero-order valence-corrected chi connectivity index (χ0v) is 22.3. The van der Waals surface area contributed by atoms with Gasteiger partial charge in [-0.1, -0.05) is 12.1 Å². The van der Waals surface area contributed by atoms with E-state index >= 15 is 0 Å². The molecule has 1 saturated heterocycles. The number of methoxy groups -OCH3 is 2. The molecule has 2 heterocycles. The minimum Gasteiger partial charge on any atom is -0.496 e. The second-order valence-corrected chi connectivity index (χ2v) is 9.57. The molecule has 202 valence electrons. The molecule has 2 aromatic carbocycles. The Labute approximate surface area is 227 Å². The van der Waals surface area contributed by atoms with Gasteiger partial charge in [0, 0.05) is 32.0 Å². The Bertz CT molecular complexity index is 1400. The summed E-state index contributed by atoms with van der Waals surface area (Å²) in [5.74, 6) is 0.857. The fourth-order valence-corrected chi connectivity index (χ4v) is 5.19. The van der Waals surface area contributed by atoms with Crippen LogP contribution in [0.15, 0.2) is 60.4 Å². The minimum atomic E-state index is -0.343. The lowest BCUT2D eigenvalue weighted by Gasteiger charge is -2.27. The molecule has 7 nitrogen and oxygen atoms in total. The van der Waals surface area contributed by atoms with E-state index in [0.29, 0.717) is 31.2 Å². The van der Waals surface area contributed by atoms with Crippen molar-refractivity contribution in [2.24, 2.45) is 0 Å². The molecule has 1 unspecified atom stereocenters. The fourth-order valence-electron chi connectivity index (χ4n) is 5.19. The van der Waals surface area contributed by atoms with Gasteiger partial charge in [-0.25, -0.2) is 4.39 Å². The van der Waals surface area contributed by atoms with Crippen molar-refractivity contribution >= 4 is 23.1 Å². The summed E-state index contributed by atoms with van der Waals surface area (Å²) in [5.41, 5.74) is 6.90. The predicted molar refractivity (Wildman–Crippen MR) is 149 cm³/mol. The lowest BCUT2D eigenvalue weighted by Crippen LogP contribution is -2.33. The molecule has 1 fully saturated rings. The van der Waals surface area contributed by atoms with Gasteiger partial charge in [0.2, 0.25) is 5.91 Å². The van der Waals surface area contributed by atoms with Crippen molar-refractivity contribution in [2.75, 3.05) is 33.9 Å². The van der Waals surface area contributed by atoms with Gasteiger partial charge in [-0.3, -0.25) is 9.78 Å². The molecule has 1 amide bonds. The average molecular weight is 530 g/mol. The first kappa shape index (κ1) is 26.6. The van der Waals surface area contributed by atoms with Gasteiger partial charge in [0.05, 0.1) is 32.8 Å². The maximum atomic E-state index is 14.3. The lowest BCUT2D eigenvalue weighted by molar-refractivity contribution is -0.120. The van der Waals surface area contributed by atoms with E-state index in [0.717, 1.165) is 51.1 Å². The summed E-state index contributed by atoms with van der Waals surface area (Å²) in [6.45, 7) is 4.43. The first-order valence-electron chi connectivity index (χ1n) is 12.9. The second kappa shape index (κ2) is 11.8. The highest BCUT2D eigenvalue weighted by molar-refractivity contribution is 6.08. The van der Waals surface area contributed by atoms with E-state index in [-0.39, 0.29) is 24.2 Å². The number of hydrogen-bond acceptors (Lipinski definition) is 6. The largest absolute Gasteiger partial charge is 0.496 e. The van der Waals surface area contributed by atoms with Crippen LogP contribution in [0.1, 0.15) is 47.3 Å². The first-order chi connectivity index (χ1) is 19.0. The molecule has 0 bridgehead atoms. The van der Waals surface area contributed by atoms with E-state index in [4.69, 9.17) is 14.2 Å². The summed E-state index contributed by atoms with van der Waals surface area (Å²) >= 11 is 0. The average Bonchev–Trinajstić information content (AvgIpc) is 3.21. The number of nitrogens with one attached hydrogen (secondary N) is 2. The highest BCUT2D eigenvalue weighted by Crippen LogP contribution is 2.45. The number of pyridine rings is 1. The number of morpholine rings is 1. The van der Waals surface area contributed by atoms with Crippen LogP contribution in [0.5, 0.6) is 11.5 Å². The van der Waals surface area contributed by atoms with E-state index in [9.17, 15) is 9.18 Å². The number of rotatable bonds is 8. The number of aromatic nitrogens is 1. The zero-order valence-electron chi connectivity index (χ0n) is 22.3. The molecule has 2 aliphatic rings. The Morgan fingerprint density at radius 3 is 2.64 bits per heavy atom. The van der Waals surface area contributed by atoms with Gasteiger partial charge in [0.25, 0.3) is 0 Å². The van der Waals surface area contributed by atoms with Gasteiger partial charge in [0.15, 0.2) is 0 Å². The van der Waals surface area contributed by atoms with E-state index in [1.165, 1.54) is 12.1 Å². The Kier molecular flexibility index (Phi) is 8.05. The molecule has 8 heteroatoms. The topological polar surface area (TPSA) is 81.7 Å². The summed E-state index contributed by atoms with van der Waals surface area (Å²) in [6, 6.07) is 12.4. The van der Waals surface area contributed by atoms with Gasteiger partial charge in [-0.05, 0) is 82.3 Å². The van der Waals surface area contributed by atoms with Gasteiger partial charge in [0.1, 0.15) is 23.4 Å². The standard InChI is InChI=1S/C31H32FN3O4/c1-19-24(11-21-12-27(37-2)31(28(13-21)38-3)29-18-34-9-10-39-29)23-7-6-22(32)14-26(23)25(19)15-30(36)35-17-20-5-4-8-33-16-20/h4-8,11-14,16,29,34H,9-10,15,17-18H2,1-3H3,(H,35,36)/b24-11-. The molecule has 5 rings (SSSR count). The second-order valence-electron chi connectivity index (χ2n) is 9.57. The summed E-state index contributed by atoms with van der Waals surface area (Å²) < 4.78 is 31.8. The zero-order chi connectivity index (χ0) is 27.4. The lowest BCUT2D eigenvalue weighted by atomic mass is 9.98. The number of carbonyl (C=O) groups is 1. The van der Waals surface area contributed by atoms with Crippen LogP contribution >= 0.6 is 0 Å². The highest BCUT2D eigenvalue weighted by atomic mass is 19.1. The number of benzene rings is 2. The summed E-state index contributed by atoms with van der Waals surface area (Å²) in [6.07, 6.45) is 5.39. The van der Waals surface area contributed by atoms with Crippen LogP contribution in [0, 0.1) is 5.82 Å². The number of halogens is 1. The number of allylic oxidation sites excluding steroid dienone is 2. The van der Waals surface area contributed by atoms with E-state index < -0.39 is 0 Å². The molecule has 2 N–H and O–H groups in total. The van der Waals surface area contributed by atoms with E-state index in [2.05, 4.69) is 15.6 Å². The van der Waals surface area contributed by atoms with Crippen LogP contribution < -0.4 is 20.1 Å². The van der Waals surface area contributed by atoms with Crippen LogP contribution in [0.25, 0.3) is 17.2 Å². The molecular weight excluding hydrogens is 497 g/mol. The molecule has 0 saturated carbocycles. The van der Waals surface area contributed by atoms with Crippen LogP contribution in [0.3, 0.4) is 0 Å². The van der Waals surface area contributed by atoms with Crippen LogP contribution in [0.2, 0.25) is 0 Å². The minimum absolute atomic E-state index is 0.136. The normalized spacial score (nSPS) is 17.7. The molecule has 0 spiro atoms. The fraction of sp³-hybridized carbons (Fsp3) is 0.290. The number of amides is 1. The molecule has 39 heavy (non-hydrogen) atoms. The van der Waals surface area contributed by atoms with Crippen molar-refractivity contribution in [1.82, 2.24) is 15.6 Å². The number of nitrogens with zero attached hydrogens (tertiary/aromatic N) is 1. The Balaban J connectivity index is 1.48. The van der Waals surface area contributed by atoms with Crippen molar-refractivity contribution in [3.05, 3.63) is 94.1 Å². The third-order valence-electron chi connectivity index (χ3n) is 7.13. The van der Waals surface area contributed by atoms with Crippen LogP contribution in [-0.2, 0) is 16.1 Å². The number of carbonyl (C=O) groups excluding carboxylic acids is 1. The van der Waals surface area contributed by atoms with Gasteiger partial charge < -0.3 is 24.8 Å². The van der Waals surface area contributed by atoms with Crippen molar-refractivity contribution in [1.29, 1.82) is 0 Å². The van der Waals surface area contributed by atoms with Crippen molar-refractivity contribution in [3.63, 3.8) is 0 Å². The third-order valence-corrected chi connectivity index (χ3v) is 7.13. The van der Waals surface area contributed by atoms with Gasteiger partial charge >= 0.3 is 0 Å². The van der Waals surface area contributed by atoms with E-state index in [1.807, 2.05) is 37.3 Å². The van der Waals surface area contributed by atoms with Crippen molar-refractivity contribution in [3.8, 4) is 11.5 Å². The van der Waals surface area contributed by atoms with Crippen molar-refractivity contribution in [2.45, 2.75) is 26.0 Å². The Hall–Kier alpha value is -4.01. The third kappa shape index (κ3) is 5.72. The molecule has 1 atom stereocenters. The summed E-state index contributed by atoms with van der Waals surface area (Å²) in [4.78, 5) is 17.0. The van der Waals surface area contributed by atoms with E-state index in [1.54, 1.807) is 32.7 Å². The Morgan fingerprint density at radius 2 is 1.97 bits per heavy atom. The van der Waals surface area contributed by atoms with Crippen LogP contribution in [-0.4, -0.2) is 44.8 Å². The smallest absolute Gasteiger partial charge is 0.224 e. The molecular formula is C31H32FN3O4. The number of fused-ring (bicyclic) bond motifs is 1. The van der Waals surface area contributed by atoms with Crippen molar-refractivity contribution < 1.29 is 23.4 Å². The predicted octanol–water partition coefficient (Wildman–Crippen LogP) is 4.93.